The van der Waals surface area contributed by atoms with Gasteiger partial charge < -0.3 is 5.32 Å². The van der Waals surface area contributed by atoms with Crippen LogP contribution in [0.5, 0.6) is 0 Å². The number of benzene rings is 1. The highest BCUT2D eigenvalue weighted by Crippen LogP contribution is 2.33. The Labute approximate surface area is 158 Å². The van der Waals surface area contributed by atoms with Crippen LogP contribution in [0.15, 0.2) is 46.7 Å². The Balaban J connectivity index is 1.56. The molecule has 26 heavy (non-hydrogen) atoms. The fourth-order valence-electron chi connectivity index (χ4n) is 3.36. The van der Waals surface area contributed by atoms with Crippen molar-refractivity contribution in [3.63, 3.8) is 0 Å². The van der Waals surface area contributed by atoms with Crippen molar-refractivity contribution in [2.75, 3.05) is 0 Å². The summed E-state index contributed by atoms with van der Waals surface area (Å²) in [6, 6.07) is 13.8. The second-order valence-corrected chi connectivity index (χ2v) is 9.82. The number of hydrogen-bond acceptors (Lipinski definition) is 4. The monoisotopic (exact) mass is 392 g/mol. The molecule has 1 aliphatic carbocycles. The molecule has 0 aliphatic heterocycles. The molecule has 1 aromatic carbocycles. The predicted molar refractivity (Wildman–Crippen MR) is 104 cm³/mol. The third kappa shape index (κ3) is 4.93. The van der Waals surface area contributed by atoms with E-state index in [2.05, 4.69) is 34.3 Å². The number of hydrogen-bond donors (Lipinski definition) is 2. The fraction of sp³-hybridized carbons (Fsp3) is 0.421. The molecule has 1 aliphatic rings. The Hall–Kier alpha value is -1.70. The second-order valence-electron chi connectivity index (χ2n) is 6.71. The van der Waals surface area contributed by atoms with Gasteiger partial charge in [0.15, 0.2) is 0 Å². The number of rotatable bonds is 6. The molecule has 1 aromatic heterocycles. The molecule has 0 radical (unpaired) electrons. The van der Waals surface area contributed by atoms with Crippen LogP contribution in [0.4, 0.5) is 0 Å². The highest BCUT2D eigenvalue weighted by atomic mass is 32.2. The third-order valence-electron chi connectivity index (χ3n) is 4.73. The van der Waals surface area contributed by atoms with E-state index in [1.807, 2.05) is 6.07 Å². The van der Waals surface area contributed by atoms with Crippen LogP contribution in [0, 0.1) is 0 Å². The number of nitrogens with one attached hydrogen (secondary N) is 2. The van der Waals surface area contributed by atoms with Crippen LogP contribution in [-0.2, 0) is 21.4 Å². The molecule has 1 saturated carbocycles. The zero-order valence-electron chi connectivity index (χ0n) is 14.8. The van der Waals surface area contributed by atoms with E-state index in [-0.39, 0.29) is 11.9 Å². The maximum absolute atomic E-state index is 12.6. The summed E-state index contributed by atoms with van der Waals surface area (Å²) < 4.78 is 28.4. The van der Waals surface area contributed by atoms with Crippen LogP contribution >= 0.6 is 11.3 Å². The maximum atomic E-state index is 12.6. The van der Waals surface area contributed by atoms with Gasteiger partial charge in [0, 0.05) is 17.8 Å². The lowest BCUT2D eigenvalue weighted by Gasteiger charge is -2.29. The molecule has 140 valence electrons. The molecule has 0 spiro atoms. The first-order chi connectivity index (χ1) is 12.4. The van der Waals surface area contributed by atoms with Crippen molar-refractivity contribution >= 4 is 27.3 Å². The summed E-state index contributed by atoms with van der Waals surface area (Å²) in [5.41, 5.74) is 1.34. The first-order valence-electron chi connectivity index (χ1n) is 8.84. The van der Waals surface area contributed by atoms with E-state index in [9.17, 15) is 13.2 Å². The van der Waals surface area contributed by atoms with Gasteiger partial charge in [-0.25, -0.2) is 13.1 Å². The van der Waals surface area contributed by atoms with Crippen molar-refractivity contribution in [2.24, 2.45) is 0 Å². The smallest absolute Gasteiger partial charge is 0.250 e. The van der Waals surface area contributed by atoms with E-state index in [4.69, 9.17) is 0 Å². The predicted octanol–water partition coefficient (Wildman–Crippen LogP) is 3.39. The minimum absolute atomic E-state index is 0.0131. The summed E-state index contributed by atoms with van der Waals surface area (Å²) in [6.45, 7) is 1.80. The van der Waals surface area contributed by atoms with Gasteiger partial charge in [-0.05, 0) is 49.3 Å². The van der Waals surface area contributed by atoms with Crippen LogP contribution in [-0.4, -0.2) is 20.4 Å². The van der Waals surface area contributed by atoms with Crippen molar-refractivity contribution < 1.29 is 13.2 Å². The molecule has 7 heteroatoms. The van der Waals surface area contributed by atoms with Gasteiger partial charge in [0.1, 0.15) is 4.21 Å². The van der Waals surface area contributed by atoms with Crippen molar-refractivity contribution in [3.05, 3.63) is 52.9 Å². The van der Waals surface area contributed by atoms with Crippen LogP contribution < -0.4 is 10.0 Å². The van der Waals surface area contributed by atoms with E-state index in [0.717, 1.165) is 30.6 Å². The van der Waals surface area contributed by atoms with E-state index >= 15 is 0 Å². The minimum Gasteiger partial charge on any atom is -0.351 e. The number of thiophene rings is 1. The van der Waals surface area contributed by atoms with E-state index in [1.54, 1.807) is 12.1 Å². The highest BCUT2D eigenvalue weighted by Gasteiger charge is 2.27. The molecule has 3 rings (SSSR count). The van der Waals surface area contributed by atoms with Gasteiger partial charge in [-0.2, -0.15) is 0 Å². The Morgan fingerprint density at radius 1 is 1.08 bits per heavy atom. The Bertz CT molecular complexity index is 839. The van der Waals surface area contributed by atoms with Crippen molar-refractivity contribution in [2.45, 2.75) is 55.3 Å². The standard InChI is InChI=1S/C19H24N2O3S2/c1-14(22)20-13-18-11-12-19(25-18)26(23,24)21-17-9-7-16(8-10-17)15-5-3-2-4-6-15/h2-6,11-12,16-17,21H,7-10,13H2,1H3,(H,20,22). The zero-order valence-corrected chi connectivity index (χ0v) is 16.4. The van der Waals surface area contributed by atoms with Crippen molar-refractivity contribution in [1.82, 2.24) is 10.0 Å². The number of amides is 1. The molecule has 0 saturated heterocycles. The number of carbonyl (C=O) groups is 1. The molecule has 5 nitrogen and oxygen atoms in total. The first kappa shape index (κ1) is 19.1. The van der Waals surface area contributed by atoms with Crippen LogP contribution in [0.3, 0.4) is 0 Å². The molecule has 0 atom stereocenters. The van der Waals surface area contributed by atoms with Crippen LogP contribution in [0.25, 0.3) is 0 Å². The summed E-state index contributed by atoms with van der Waals surface area (Å²) in [4.78, 5) is 11.8. The van der Waals surface area contributed by atoms with Gasteiger partial charge >= 0.3 is 0 Å². The average Bonchev–Trinajstić information content (AvgIpc) is 3.11. The molecule has 1 heterocycles. The molecular weight excluding hydrogens is 368 g/mol. The third-order valence-corrected chi connectivity index (χ3v) is 7.83. The maximum Gasteiger partial charge on any atom is 0.250 e. The molecular formula is C19H24N2O3S2. The number of sulfonamides is 1. The van der Waals surface area contributed by atoms with Gasteiger partial charge in [-0.1, -0.05) is 30.3 Å². The summed E-state index contributed by atoms with van der Waals surface area (Å²) in [5.74, 6) is 0.388. The van der Waals surface area contributed by atoms with Crippen molar-refractivity contribution in [3.8, 4) is 0 Å². The summed E-state index contributed by atoms with van der Waals surface area (Å²) in [6.07, 6.45) is 3.69. The largest absolute Gasteiger partial charge is 0.351 e. The fourth-order valence-corrected chi connectivity index (χ4v) is 5.97. The van der Waals surface area contributed by atoms with Gasteiger partial charge in [-0.15, -0.1) is 11.3 Å². The van der Waals surface area contributed by atoms with Crippen LogP contribution in [0.2, 0.25) is 0 Å². The lowest BCUT2D eigenvalue weighted by atomic mass is 9.82. The Morgan fingerprint density at radius 3 is 2.42 bits per heavy atom. The quantitative estimate of drug-likeness (QED) is 0.791. The molecule has 0 bridgehead atoms. The van der Waals surface area contributed by atoms with Crippen molar-refractivity contribution in [1.29, 1.82) is 0 Å². The van der Waals surface area contributed by atoms with Gasteiger partial charge in [0.05, 0.1) is 6.54 Å². The molecule has 1 fully saturated rings. The van der Waals surface area contributed by atoms with Gasteiger partial charge in [0.25, 0.3) is 0 Å². The summed E-state index contributed by atoms with van der Waals surface area (Å²) >= 11 is 1.20. The SMILES string of the molecule is CC(=O)NCc1ccc(S(=O)(=O)NC2CCC(c3ccccc3)CC2)s1. The van der Waals surface area contributed by atoms with E-state index in [1.165, 1.54) is 23.8 Å². The molecule has 2 aromatic rings. The van der Waals surface area contributed by atoms with Gasteiger partial charge in [-0.3, -0.25) is 4.79 Å². The van der Waals surface area contributed by atoms with Gasteiger partial charge in [0.2, 0.25) is 15.9 Å². The van der Waals surface area contributed by atoms with Crippen LogP contribution in [0.1, 0.15) is 49.0 Å². The lowest BCUT2D eigenvalue weighted by Crippen LogP contribution is -2.37. The molecule has 2 N–H and O–H groups in total. The first-order valence-corrected chi connectivity index (χ1v) is 11.1. The minimum atomic E-state index is -3.50. The van der Waals surface area contributed by atoms with E-state index in [0.29, 0.717) is 16.7 Å². The highest BCUT2D eigenvalue weighted by molar-refractivity contribution is 7.91. The topological polar surface area (TPSA) is 75.3 Å². The normalized spacial score (nSPS) is 20.7. The zero-order chi connectivity index (χ0) is 18.6. The second kappa shape index (κ2) is 8.33. The number of carbonyl (C=O) groups excluding carboxylic acids is 1. The average molecular weight is 393 g/mol. The molecule has 0 unspecified atom stereocenters. The summed E-state index contributed by atoms with van der Waals surface area (Å²) in [5, 5.41) is 2.68. The summed E-state index contributed by atoms with van der Waals surface area (Å²) in [7, 11) is -3.50. The molecule has 1 amide bonds. The Morgan fingerprint density at radius 2 is 1.77 bits per heavy atom. The van der Waals surface area contributed by atoms with E-state index < -0.39 is 10.0 Å². The Kier molecular flexibility index (Phi) is 6.11. The lowest BCUT2D eigenvalue weighted by molar-refractivity contribution is -0.119.